The van der Waals surface area contributed by atoms with Gasteiger partial charge in [-0.1, -0.05) is 13.0 Å². The van der Waals surface area contributed by atoms with Gasteiger partial charge >= 0.3 is 0 Å². The highest BCUT2D eigenvalue weighted by Gasteiger charge is 2.12. The van der Waals surface area contributed by atoms with Crippen LogP contribution >= 0.6 is 15.9 Å². The summed E-state index contributed by atoms with van der Waals surface area (Å²) in [5.41, 5.74) is 6.86. The Hall–Kier alpha value is -0.740. The van der Waals surface area contributed by atoms with Crippen LogP contribution in [0.2, 0.25) is 0 Å². The van der Waals surface area contributed by atoms with Crippen molar-refractivity contribution in [1.82, 2.24) is 0 Å². The zero-order valence-electron chi connectivity index (χ0n) is 8.96. The van der Waals surface area contributed by atoms with Gasteiger partial charge in [0.2, 0.25) is 0 Å². The zero-order chi connectivity index (χ0) is 11.4. The summed E-state index contributed by atoms with van der Waals surface area (Å²) in [5.74, 6) is 0.606. The summed E-state index contributed by atoms with van der Waals surface area (Å²) in [7, 11) is 1.53. The monoisotopic (exact) mass is 273 g/mol. The highest BCUT2D eigenvalue weighted by Crippen LogP contribution is 2.36. The van der Waals surface area contributed by atoms with Gasteiger partial charge in [0, 0.05) is 6.04 Å². The number of benzene rings is 1. The number of phenols is 1. The first-order valence-electron chi connectivity index (χ1n) is 4.90. The summed E-state index contributed by atoms with van der Waals surface area (Å²) < 4.78 is 5.67. The fourth-order valence-electron chi connectivity index (χ4n) is 1.34. The van der Waals surface area contributed by atoms with Crippen LogP contribution in [-0.2, 0) is 6.42 Å². The first kappa shape index (κ1) is 12.3. The van der Waals surface area contributed by atoms with Crippen LogP contribution < -0.4 is 10.5 Å². The molecule has 0 aliphatic heterocycles. The molecule has 0 saturated heterocycles. The van der Waals surface area contributed by atoms with Crippen molar-refractivity contribution in [3.05, 3.63) is 22.2 Å². The number of methoxy groups -OCH3 is 1. The molecule has 0 aromatic heterocycles. The van der Waals surface area contributed by atoms with Crippen LogP contribution in [0.1, 0.15) is 18.9 Å². The molecule has 0 aliphatic carbocycles. The molecule has 0 heterocycles. The maximum absolute atomic E-state index is 9.75. The lowest BCUT2D eigenvalue weighted by atomic mass is 10.0. The van der Waals surface area contributed by atoms with Crippen molar-refractivity contribution >= 4 is 15.9 Å². The highest BCUT2D eigenvalue weighted by atomic mass is 79.9. The third-order valence-corrected chi connectivity index (χ3v) is 3.27. The van der Waals surface area contributed by atoms with Crippen LogP contribution in [0.25, 0.3) is 0 Å². The summed E-state index contributed by atoms with van der Waals surface area (Å²) >= 11 is 3.34. The second-order valence-electron chi connectivity index (χ2n) is 3.46. The molecule has 4 heteroatoms. The summed E-state index contributed by atoms with van der Waals surface area (Å²) in [6.07, 6.45) is 1.66. The molecule has 1 unspecified atom stereocenters. The van der Waals surface area contributed by atoms with E-state index in [4.69, 9.17) is 10.5 Å². The molecule has 0 radical (unpaired) electrons. The quantitative estimate of drug-likeness (QED) is 0.886. The van der Waals surface area contributed by atoms with E-state index < -0.39 is 0 Å². The van der Waals surface area contributed by atoms with Gasteiger partial charge in [-0.2, -0.15) is 0 Å². The summed E-state index contributed by atoms with van der Waals surface area (Å²) in [6.45, 7) is 2.04. The molecule has 0 aliphatic rings. The van der Waals surface area contributed by atoms with Crippen LogP contribution in [0, 0.1) is 0 Å². The Morgan fingerprint density at radius 1 is 1.53 bits per heavy atom. The SMILES string of the molecule is CCC(N)Cc1ccc(OC)c(O)c1Br. The normalized spacial score (nSPS) is 12.5. The molecule has 0 saturated carbocycles. The molecule has 0 fully saturated rings. The maximum atomic E-state index is 9.75. The molecular formula is C11H16BrNO2. The van der Waals surface area contributed by atoms with E-state index in [0.29, 0.717) is 10.2 Å². The van der Waals surface area contributed by atoms with E-state index in [1.54, 1.807) is 6.07 Å². The van der Waals surface area contributed by atoms with Gasteiger partial charge < -0.3 is 15.6 Å². The minimum absolute atomic E-state index is 0.120. The van der Waals surface area contributed by atoms with Crippen molar-refractivity contribution in [2.75, 3.05) is 7.11 Å². The fraction of sp³-hybridized carbons (Fsp3) is 0.455. The van der Waals surface area contributed by atoms with Crippen molar-refractivity contribution in [3.63, 3.8) is 0 Å². The number of nitrogens with two attached hydrogens (primary N) is 1. The smallest absolute Gasteiger partial charge is 0.172 e. The van der Waals surface area contributed by atoms with Gasteiger partial charge in [0.25, 0.3) is 0 Å². The molecular weight excluding hydrogens is 258 g/mol. The van der Waals surface area contributed by atoms with Gasteiger partial charge in [-0.25, -0.2) is 0 Å². The molecule has 0 bridgehead atoms. The molecule has 3 N–H and O–H groups in total. The molecule has 1 aromatic rings. The Morgan fingerprint density at radius 2 is 2.20 bits per heavy atom. The first-order chi connectivity index (χ1) is 7.10. The van der Waals surface area contributed by atoms with E-state index in [0.717, 1.165) is 18.4 Å². The zero-order valence-corrected chi connectivity index (χ0v) is 10.5. The number of hydrogen-bond donors (Lipinski definition) is 2. The lowest BCUT2D eigenvalue weighted by Gasteiger charge is -2.13. The minimum Gasteiger partial charge on any atom is -0.503 e. The number of hydrogen-bond acceptors (Lipinski definition) is 3. The highest BCUT2D eigenvalue weighted by molar-refractivity contribution is 9.10. The molecule has 1 aromatic carbocycles. The minimum atomic E-state index is 0.120. The van der Waals surface area contributed by atoms with E-state index in [-0.39, 0.29) is 11.8 Å². The van der Waals surface area contributed by atoms with Gasteiger partial charge in [0.15, 0.2) is 11.5 Å². The van der Waals surface area contributed by atoms with E-state index >= 15 is 0 Å². The molecule has 3 nitrogen and oxygen atoms in total. The Morgan fingerprint density at radius 3 is 2.73 bits per heavy atom. The van der Waals surface area contributed by atoms with E-state index in [2.05, 4.69) is 15.9 Å². The second kappa shape index (κ2) is 5.37. The maximum Gasteiger partial charge on any atom is 0.172 e. The van der Waals surface area contributed by atoms with Gasteiger partial charge in [-0.3, -0.25) is 0 Å². The topological polar surface area (TPSA) is 55.5 Å². The Bertz CT molecular complexity index is 342. The van der Waals surface area contributed by atoms with E-state index in [9.17, 15) is 5.11 Å². The lowest BCUT2D eigenvalue weighted by molar-refractivity contribution is 0.371. The third kappa shape index (κ3) is 2.86. The summed E-state index contributed by atoms with van der Waals surface area (Å²) in [5, 5.41) is 9.75. The van der Waals surface area contributed by atoms with Gasteiger partial charge in [0.05, 0.1) is 11.6 Å². The number of halogens is 1. The molecule has 15 heavy (non-hydrogen) atoms. The Labute approximate surface area is 98.4 Å². The molecule has 1 rings (SSSR count). The third-order valence-electron chi connectivity index (χ3n) is 2.39. The van der Waals surface area contributed by atoms with Crippen LogP contribution in [-0.4, -0.2) is 18.3 Å². The number of aromatic hydroxyl groups is 1. The average molecular weight is 274 g/mol. The number of ether oxygens (including phenoxy) is 1. The molecule has 1 atom stereocenters. The van der Waals surface area contributed by atoms with Gasteiger partial charge in [-0.05, 0) is 40.4 Å². The first-order valence-corrected chi connectivity index (χ1v) is 5.69. The Balaban J connectivity index is 2.96. The van der Waals surface area contributed by atoms with E-state index in [1.807, 2.05) is 13.0 Å². The van der Waals surface area contributed by atoms with E-state index in [1.165, 1.54) is 7.11 Å². The van der Waals surface area contributed by atoms with Crippen LogP contribution in [0.15, 0.2) is 16.6 Å². The standard InChI is InChI=1S/C11H16BrNO2/c1-3-8(13)6-7-4-5-9(15-2)11(14)10(7)12/h4-5,8,14H,3,6,13H2,1-2H3. The Kier molecular flexibility index (Phi) is 4.42. The molecule has 84 valence electrons. The van der Waals surface area contributed by atoms with Crippen LogP contribution in [0.3, 0.4) is 0 Å². The van der Waals surface area contributed by atoms with Crippen molar-refractivity contribution in [2.24, 2.45) is 5.73 Å². The van der Waals surface area contributed by atoms with Crippen molar-refractivity contribution in [1.29, 1.82) is 0 Å². The van der Waals surface area contributed by atoms with Crippen LogP contribution in [0.5, 0.6) is 11.5 Å². The van der Waals surface area contributed by atoms with Crippen molar-refractivity contribution in [3.8, 4) is 11.5 Å². The predicted octanol–water partition coefficient (Wildman–Crippen LogP) is 2.44. The fourth-order valence-corrected chi connectivity index (χ4v) is 1.83. The van der Waals surface area contributed by atoms with Crippen molar-refractivity contribution in [2.45, 2.75) is 25.8 Å². The largest absolute Gasteiger partial charge is 0.503 e. The number of phenolic OH excluding ortho intramolecular Hbond substituents is 1. The lowest BCUT2D eigenvalue weighted by Crippen LogP contribution is -2.21. The number of rotatable bonds is 4. The average Bonchev–Trinajstić information content (AvgIpc) is 2.25. The predicted molar refractivity (Wildman–Crippen MR) is 64.3 cm³/mol. The second-order valence-corrected chi connectivity index (χ2v) is 4.25. The van der Waals surface area contributed by atoms with Crippen LogP contribution in [0.4, 0.5) is 0 Å². The molecule has 0 amide bonds. The summed E-state index contributed by atoms with van der Waals surface area (Å²) in [6, 6.07) is 3.78. The summed E-state index contributed by atoms with van der Waals surface area (Å²) in [4.78, 5) is 0. The molecule has 0 spiro atoms. The van der Waals surface area contributed by atoms with Crippen molar-refractivity contribution < 1.29 is 9.84 Å². The van der Waals surface area contributed by atoms with Gasteiger partial charge in [0.1, 0.15) is 0 Å². The van der Waals surface area contributed by atoms with Gasteiger partial charge in [-0.15, -0.1) is 0 Å².